The number of hydrogen-bond acceptors (Lipinski definition) is 4. The molecule has 4 fully saturated rings. The van der Waals surface area contributed by atoms with Crippen LogP contribution in [0.2, 0.25) is 0 Å². The van der Waals surface area contributed by atoms with Crippen LogP contribution in [-0.2, 0) is 14.3 Å². The van der Waals surface area contributed by atoms with Crippen molar-refractivity contribution in [3.63, 3.8) is 0 Å². The third kappa shape index (κ3) is 1.71. The van der Waals surface area contributed by atoms with Gasteiger partial charge in [-0.1, -0.05) is 25.5 Å². The monoisotopic (exact) mass is 342 g/mol. The highest BCUT2D eigenvalue weighted by molar-refractivity contribution is 6.01. The first-order chi connectivity index (χ1) is 11.8. The third-order valence-electron chi connectivity index (χ3n) is 8.52. The Balaban J connectivity index is 1.56. The maximum absolute atomic E-state index is 12.4. The molecular formula is C21H26O4. The molecule has 0 bridgehead atoms. The van der Waals surface area contributed by atoms with Crippen LogP contribution in [-0.4, -0.2) is 35.0 Å². The van der Waals surface area contributed by atoms with E-state index in [-0.39, 0.29) is 34.9 Å². The molecule has 1 saturated heterocycles. The number of aliphatic hydroxyl groups is 1. The van der Waals surface area contributed by atoms with E-state index in [0.717, 1.165) is 25.7 Å². The quantitative estimate of drug-likeness (QED) is 0.735. The smallest absolute Gasteiger partial charge is 0.190 e. The Bertz CT molecular complexity index is 736. The van der Waals surface area contributed by atoms with Gasteiger partial charge in [-0.15, -0.1) is 0 Å². The summed E-state index contributed by atoms with van der Waals surface area (Å²) < 4.78 is 5.91. The lowest BCUT2D eigenvalue weighted by atomic mass is 9.46. The van der Waals surface area contributed by atoms with Crippen molar-refractivity contribution in [1.29, 1.82) is 0 Å². The van der Waals surface area contributed by atoms with E-state index in [2.05, 4.69) is 13.8 Å². The molecule has 4 nitrogen and oxygen atoms in total. The number of rotatable bonds is 0. The summed E-state index contributed by atoms with van der Waals surface area (Å²) in [6.07, 6.45) is 9.35. The second-order valence-electron chi connectivity index (χ2n) is 9.29. The fourth-order valence-electron chi connectivity index (χ4n) is 7.31. The Kier molecular flexibility index (Phi) is 3.01. The molecule has 0 radical (unpaired) electrons. The van der Waals surface area contributed by atoms with Crippen molar-refractivity contribution in [1.82, 2.24) is 0 Å². The van der Waals surface area contributed by atoms with Gasteiger partial charge in [0, 0.05) is 16.7 Å². The zero-order valence-electron chi connectivity index (χ0n) is 15.0. The van der Waals surface area contributed by atoms with Crippen LogP contribution >= 0.6 is 0 Å². The normalized spacial score (nSPS) is 53.8. The van der Waals surface area contributed by atoms with E-state index in [4.69, 9.17) is 4.74 Å². The first-order valence-corrected chi connectivity index (χ1v) is 9.61. The Morgan fingerprint density at radius 2 is 2.04 bits per heavy atom. The zero-order valence-corrected chi connectivity index (χ0v) is 15.0. The van der Waals surface area contributed by atoms with Crippen LogP contribution in [0.3, 0.4) is 0 Å². The third-order valence-corrected chi connectivity index (χ3v) is 8.52. The molecule has 4 aliphatic carbocycles. The summed E-state index contributed by atoms with van der Waals surface area (Å²) in [6.45, 7) is 4.59. The van der Waals surface area contributed by atoms with Gasteiger partial charge in [0.05, 0.1) is 6.10 Å². The summed E-state index contributed by atoms with van der Waals surface area (Å²) >= 11 is 0. The number of hydrogen-bond donors (Lipinski definition) is 1. The van der Waals surface area contributed by atoms with Crippen molar-refractivity contribution >= 4 is 11.6 Å². The van der Waals surface area contributed by atoms with Gasteiger partial charge in [-0.05, 0) is 56.1 Å². The molecule has 0 aromatic heterocycles. The Hall–Kier alpha value is -1.26. The van der Waals surface area contributed by atoms with Crippen LogP contribution in [0.15, 0.2) is 23.8 Å². The van der Waals surface area contributed by atoms with Crippen molar-refractivity contribution in [3.05, 3.63) is 23.8 Å². The number of allylic oxidation sites excluding steroid dienone is 4. The molecular weight excluding hydrogens is 316 g/mol. The molecule has 1 spiro atoms. The van der Waals surface area contributed by atoms with E-state index in [1.807, 2.05) is 6.08 Å². The van der Waals surface area contributed by atoms with Gasteiger partial charge in [0.2, 0.25) is 0 Å². The van der Waals surface area contributed by atoms with Crippen LogP contribution in [0.25, 0.3) is 0 Å². The average Bonchev–Trinajstić information content (AvgIpc) is 2.88. The predicted molar refractivity (Wildman–Crippen MR) is 91.7 cm³/mol. The van der Waals surface area contributed by atoms with E-state index < -0.39 is 11.7 Å². The second-order valence-corrected chi connectivity index (χ2v) is 9.29. The van der Waals surface area contributed by atoms with Crippen molar-refractivity contribution in [3.8, 4) is 0 Å². The van der Waals surface area contributed by atoms with E-state index in [1.54, 1.807) is 12.2 Å². The fraction of sp³-hybridized carbons (Fsp3) is 0.714. The molecule has 7 atom stereocenters. The average molecular weight is 342 g/mol. The van der Waals surface area contributed by atoms with Gasteiger partial charge in [-0.25, -0.2) is 0 Å². The summed E-state index contributed by atoms with van der Waals surface area (Å²) in [6, 6.07) is 0. The van der Waals surface area contributed by atoms with E-state index in [9.17, 15) is 14.7 Å². The second kappa shape index (κ2) is 4.72. The topological polar surface area (TPSA) is 63.6 Å². The number of ether oxygens (including phenoxy) is 1. The lowest BCUT2D eigenvalue weighted by Gasteiger charge is -2.61. The molecule has 134 valence electrons. The number of fused-ring (bicyclic) bond motifs is 6. The van der Waals surface area contributed by atoms with E-state index in [1.165, 1.54) is 5.57 Å². The molecule has 0 aromatic carbocycles. The summed E-state index contributed by atoms with van der Waals surface area (Å²) in [5, 5.41) is 11.2. The molecule has 5 aliphatic rings. The van der Waals surface area contributed by atoms with Crippen molar-refractivity contribution < 1.29 is 19.4 Å². The van der Waals surface area contributed by atoms with Crippen LogP contribution < -0.4 is 0 Å². The Morgan fingerprint density at radius 1 is 1.24 bits per heavy atom. The SMILES string of the molecule is C[C@]12C=CC(=O)C=C1CC[C@@H]1[C@@H]2[C@@H](O)C[C@@]2(C)[C@H]1CC[C@@]21OCC1=O. The lowest BCUT2D eigenvalue weighted by molar-refractivity contribution is -0.224. The van der Waals surface area contributed by atoms with Gasteiger partial charge in [0.1, 0.15) is 12.2 Å². The molecule has 3 saturated carbocycles. The largest absolute Gasteiger partial charge is 0.393 e. The van der Waals surface area contributed by atoms with Gasteiger partial charge in [-0.2, -0.15) is 0 Å². The highest BCUT2D eigenvalue weighted by Gasteiger charge is 2.71. The highest BCUT2D eigenvalue weighted by atomic mass is 16.5. The van der Waals surface area contributed by atoms with Gasteiger partial charge in [-0.3, -0.25) is 9.59 Å². The molecule has 0 amide bonds. The zero-order chi connectivity index (χ0) is 17.6. The number of ketones is 2. The predicted octanol–water partition coefficient (Wildman–Crippen LogP) is 2.60. The molecule has 1 N–H and O–H groups in total. The van der Waals surface area contributed by atoms with Crippen LogP contribution in [0, 0.1) is 28.6 Å². The minimum absolute atomic E-state index is 0.0642. The Morgan fingerprint density at radius 3 is 2.72 bits per heavy atom. The highest BCUT2D eigenvalue weighted by Crippen LogP contribution is 2.68. The molecule has 4 heteroatoms. The summed E-state index contributed by atoms with van der Waals surface area (Å²) in [5.41, 5.74) is 0.0403. The maximum Gasteiger partial charge on any atom is 0.190 e. The van der Waals surface area contributed by atoms with Crippen LogP contribution in [0.4, 0.5) is 0 Å². The van der Waals surface area contributed by atoms with Gasteiger partial charge >= 0.3 is 0 Å². The molecule has 0 aromatic rings. The maximum atomic E-state index is 12.4. The molecule has 25 heavy (non-hydrogen) atoms. The van der Waals surface area contributed by atoms with E-state index >= 15 is 0 Å². The minimum atomic E-state index is -0.640. The molecule has 1 heterocycles. The van der Waals surface area contributed by atoms with E-state index in [0.29, 0.717) is 18.3 Å². The fourth-order valence-corrected chi connectivity index (χ4v) is 7.31. The number of aliphatic hydroxyl groups excluding tert-OH is 1. The molecule has 0 unspecified atom stereocenters. The van der Waals surface area contributed by atoms with Crippen molar-refractivity contribution in [2.45, 2.75) is 57.7 Å². The molecule has 5 rings (SSSR count). The summed E-state index contributed by atoms with van der Waals surface area (Å²) in [5.74, 6) is 1.21. The summed E-state index contributed by atoms with van der Waals surface area (Å²) in [7, 11) is 0. The summed E-state index contributed by atoms with van der Waals surface area (Å²) in [4.78, 5) is 24.3. The standard InChI is InChI=1S/C21H26O4/c1-19-7-5-13(22)9-12(19)3-4-14-15-6-8-21(17(24)11-25-21)20(15,2)10-16(23)18(14)19/h5,7,9,14-16,18,23H,3-4,6,8,10-11H2,1-2H3/t14-,15-,16-,18+,19-,20-,21-/m0/s1. The number of Topliss-reactive ketones (excluding diaryl/α,β-unsaturated/α-hetero) is 1. The van der Waals surface area contributed by atoms with Crippen LogP contribution in [0.5, 0.6) is 0 Å². The lowest BCUT2D eigenvalue weighted by Crippen LogP contribution is -2.67. The number of carbonyl (C=O) groups is 2. The molecule has 1 aliphatic heterocycles. The number of carbonyl (C=O) groups excluding carboxylic acids is 2. The Labute approximate surface area is 148 Å². The van der Waals surface area contributed by atoms with Gasteiger partial charge in [0.25, 0.3) is 0 Å². The first-order valence-electron chi connectivity index (χ1n) is 9.61. The minimum Gasteiger partial charge on any atom is -0.393 e. The van der Waals surface area contributed by atoms with Crippen molar-refractivity contribution in [2.75, 3.05) is 6.61 Å². The van der Waals surface area contributed by atoms with Gasteiger partial charge < -0.3 is 9.84 Å². The van der Waals surface area contributed by atoms with Gasteiger partial charge in [0.15, 0.2) is 11.6 Å². The van der Waals surface area contributed by atoms with Crippen LogP contribution in [0.1, 0.15) is 46.0 Å². The van der Waals surface area contributed by atoms with Crippen molar-refractivity contribution in [2.24, 2.45) is 28.6 Å². The first kappa shape index (κ1) is 16.0.